The van der Waals surface area contributed by atoms with Crippen molar-refractivity contribution in [3.8, 4) is 0 Å². The molecule has 1 aromatic rings. The summed E-state index contributed by atoms with van der Waals surface area (Å²) in [5, 5.41) is 3.40. The molecular weight excluding hydrogens is 232 g/mol. The van der Waals surface area contributed by atoms with E-state index in [9.17, 15) is 8.78 Å². The van der Waals surface area contributed by atoms with Crippen LogP contribution in [0.1, 0.15) is 39.2 Å². The average molecular weight is 253 g/mol. The summed E-state index contributed by atoms with van der Waals surface area (Å²) in [6.07, 6.45) is 2.30. The van der Waals surface area contributed by atoms with E-state index in [1.165, 1.54) is 18.6 Å². The van der Waals surface area contributed by atoms with Gasteiger partial charge < -0.3 is 5.32 Å². The minimum absolute atomic E-state index is 0.360. The Morgan fingerprint density at radius 2 is 2.00 bits per heavy atom. The summed E-state index contributed by atoms with van der Waals surface area (Å²) in [6, 6.07) is 4.19. The Labute approximate surface area is 108 Å². The summed E-state index contributed by atoms with van der Waals surface area (Å²) < 4.78 is 26.3. The molecule has 0 radical (unpaired) electrons. The Morgan fingerprint density at radius 1 is 1.28 bits per heavy atom. The second-order valence-electron chi connectivity index (χ2n) is 6.27. The number of hydrogen-bond donors (Lipinski definition) is 1. The molecular formula is C15H21F2N. The summed E-state index contributed by atoms with van der Waals surface area (Å²) >= 11 is 0. The molecule has 1 aromatic carbocycles. The van der Waals surface area contributed by atoms with Gasteiger partial charge in [-0.1, -0.05) is 26.8 Å². The highest BCUT2D eigenvalue weighted by atomic mass is 19.1. The minimum Gasteiger partial charge on any atom is -0.310 e. The fraction of sp³-hybridized carbons (Fsp3) is 0.600. The van der Waals surface area contributed by atoms with Gasteiger partial charge in [-0.15, -0.1) is 0 Å². The lowest BCUT2D eigenvalue weighted by Crippen LogP contribution is -2.31. The highest BCUT2D eigenvalue weighted by Gasteiger charge is 2.36. The first-order valence-corrected chi connectivity index (χ1v) is 6.55. The van der Waals surface area contributed by atoms with Crippen LogP contribution in [0.25, 0.3) is 0 Å². The summed E-state index contributed by atoms with van der Waals surface area (Å²) in [6.45, 7) is 7.23. The van der Waals surface area contributed by atoms with Gasteiger partial charge in [-0.2, -0.15) is 0 Å². The van der Waals surface area contributed by atoms with Gasteiger partial charge in [0.2, 0.25) is 0 Å². The lowest BCUT2D eigenvalue weighted by molar-refractivity contribution is 0.361. The Bertz CT molecular complexity index is 429. The maximum Gasteiger partial charge on any atom is 0.130 e. The van der Waals surface area contributed by atoms with Crippen LogP contribution >= 0.6 is 0 Å². The van der Waals surface area contributed by atoms with Gasteiger partial charge in [-0.3, -0.25) is 0 Å². The van der Waals surface area contributed by atoms with Crippen molar-refractivity contribution in [1.29, 1.82) is 0 Å². The first kappa shape index (κ1) is 13.5. The number of benzene rings is 1. The van der Waals surface area contributed by atoms with Crippen LogP contribution in [0.5, 0.6) is 0 Å². The largest absolute Gasteiger partial charge is 0.310 e. The van der Waals surface area contributed by atoms with Crippen LogP contribution < -0.4 is 5.32 Å². The predicted octanol–water partition coefficient (Wildman–Crippen LogP) is 3.88. The van der Waals surface area contributed by atoms with E-state index in [0.717, 1.165) is 12.5 Å². The molecule has 1 nitrogen and oxygen atoms in total. The second-order valence-corrected chi connectivity index (χ2v) is 6.27. The van der Waals surface area contributed by atoms with E-state index < -0.39 is 11.6 Å². The topological polar surface area (TPSA) is 12.0 Å². The van der Waals surface area contributed by atoms with Crippen molar-refractivity contribution in [3.05, 3.63) is 35.4 Å². The van der Waals surface area contributed by atoms with E-state index in [2.05, 4.69) is 26.1 Å². The molecule has 2 rings (SSSR count). The molecule has 0 spiro atoms. The van der Waals surface area contributed by atoms with Crippen molar-refractivity contribution in [1.82, 2.24) is 5.32 Å². The fourth-order valence-electron chi connectivity index (χ4n) is 3.07. The zero-order valence-electron chi connectivity index (χ0n) is 11.3. The molecule has 0 aromatic heterocycles. The van der Waals surface area contributed by atoms with E-state index in [0.29, 0.717) is 29.5 Å². The van der Waals surface area contributed by atoms with Crippen LogP contribution in [0, 0.1) is 23.0 Å². The van der Waals surface area contributed by atoms with Crippen molar-refractivity contribution in [2.45, 2.75) is 46.2 Å². The average Bonchev–Trinajstić information content (AvgIpc) is 2.50. The maximum absolute atomic E-state index is 13.5. The van der Waals surface area contributed by atoms with Crippen molar-refractivity contribution < 1.29 is 8.78 Å². The van der Waals surface area contributed by atoms with Crippen molar-refractivity contribution in [2.24, 2.45) is 11.3 Å². The normalized spacial score (nSPS) is 26.5. The molecule has 0 bridgehead atoms. The van der Waals surface area contributed by atoms with Crippen LogP contribution in [-0.4, -0.2) is 6.04 Å². The quantitative estimate of drug-likeness (QED) is 0.862. The Hall–Kier alpha value is -0.960. The highest BCUT2D eigenvalue weighted by molar-refractivity contribution is 5.18. The van der Waals surface area contributed by atoms with E-state index in [-0.39, 0.29) is 0 Å². The van der Waals surface area contributed by atoms with E-state index in [1.54, 1.807) is 0 Å². The standard InChI is InChI=1S/C15H21F2N/c1-10-7-15(2,3)8-14(10)18-9-11-4-5-12(16)6-13(11)17/h4-6,10,14,18H,7-9H2,1-3H3. The molecule has 1 N–H and O–H groups in total. The molecule has 0 saturated heterocycles. The summed E-state index contributed by atoms with van der Waals surface area (Å²) in [5.74, 6) is -0.387. The molecule has 2 unspecified atom stereocenters. The number of halogens is 2. The van der Waals surface area contributed by atoms with Crippen LogP contribution in [0.2, 0.25) is 0 Å². The summed E-state index contributed by atoms with van der Waals surface area (Å²) in [7, 11) is 0. The smallest absolute Gasteiger partial charge is 0.130 e. The highest BCUT2D eigenvalue weighted by Crippen LogP contribution is 2.40. The van der Waals surface area contributed by atoms with Crippen LogP contribution in [0.15, 0.2) is 18.2 Å². The third-order valence-corrected chi connectivity index (χ3v) is 3.90. The van der Waals surface area contributed by atoms with Gasteiger partial charge in [0.05, 0.1) is 0 Å². The Kier molecular flexibility index (Phi) is 3.71. The van der Waals surface area contributed by atoms with Gasteiger partial charge in [0, 0.05) is 24.2 Å². The molecule has 2 atom stereocenters. The van der Waals surface area contributed by atoms with Crippen LogP contribution in [0.4, 0.5) is 8.78 Å². The molecule has 0 aliphatic heterocycles. The zero-order valence-corrected chi connectivity index (χ0v) is 11.3. The molecule has 0 heterocycles. The van der Waals surface area contributed by atoms with E-state index >= 15 is 0 Å². The molecule has 18 heavy (non-hydrogen) atoms. The predicted molar refractivity (Wildman–Crippen MR) is 69.2 cm³/mol. The summed E-state index contributed by atoms with van der Waals surface area (Å²) in [4.78, 5) is 0. The van der Waals surface area contributed by atoms with E-state index in [4.69, 9.17) is 0 Å². The molecule has 1 aliphatic carbocycles. The third kappa shape index (κ3) is 3.08. The third-order valence-electron chi connectivity index (χ3n) is 3.90. The molecule has 0 amide bonds. The number of nitrogens with one attached hydrogen (secondary N) is 1. The van der Waals surface area contributed by atoms with Gasteiger partial charge in [-0.05, 0) is 30.2 Å². The first-order valence-electron chi connectivity index (χ1n) is 6.55. The Balaban J connectivity index is 1.96. The fourth-order valence-corrected chi connectivity index (χ4v) is 3.07. The number of hydrogen-bond acceptors (Lipinski definition) is 1. The lowest BCUT2D eigenvalue weighted by Gasteiger charge is -2.18. The van der Waals surface area contributed by atoms with Gasteiger partial charge in [0.1, 0.15) is 11.6 Å². The minimum atomic E-state index is -0.522. The summed E-state index contributed by atoms with van der Waals surface area (Å²) in [5.41, 5.74) is 0.895. The molecule has 1 aliphatic rings. The molecule has 100 valence electrons. The molecule has 1 fully saturated rings. The monoisotopic (exact) mass is 253 g/mol. The van der Waals surface area contributed by atoms with Gasteiger partial charge in [0.25, 0.3) is 0 Å². The van der Waals surface area contributed by atoms with Crippen molar-refractivity contribution in [3.63, 3.8) is 0 Å². The van der Waals surface area contributed by atoms with Crippen molar-refractivity contribution >= 4 is 0 Å². The zero-order chi connectivity index (χ0) is 13.3. The van der Waals surface area contributed by atoms with Crippen LogP contribution in [-0.2, 0) is 6.54 Å². The van der Waals surface area contributed by atoms with Crippen molar-refractivity contribution in [2.75, 3.05) is 0 Å². The Morgan fingerprint density at radius 3 is 2.56 bits per heavy atom. The van der Waals surface area contributed by atoms with Gasteiger partial charge >= 0.3 is 0 Å². The molecule has 1 saturated carbocycles. The van der Waals surface area contributed by atoms with Gasteiger partial charge in [-0.25, -0.2) is 8.78 Å². The number of rotatable bonds is 3. The maximum atomic E-state index is 13.5. The lowest BCUT2D eigenvalue weighted by atomic mass is 9.91. The first-order chi connectivity index (χ1) is 8.37. The molecule has 3 heteroatoms. The van der Waals surface area contributed by atoms with E-state index in [1.807, 2.05) is 0 Å². The van der Waals surface area contributed by atoms with Crippen LogP contribution in [0.3, 0.4) is 0 Å². The second kappa shape index (κ2) is 4.96. The SMILES string of the molecule is CC1CC(C)(C)CC1NCc1ccc(F)cc1F. The van der Waals surface area contributed by atoms with Gasteiger partial charge in [0.15, 0.2) is 0 Å².